The van der Waals surface area contributed by atoms with Crippen LogP contribution in [0.5, 0.6) is 11.5 Å². The Balaban J connectivity index is 2.13. The van der Waals surface area contributed by atoms with Crippen molar-refractivity contribution in [1.82, 2.24) is 4.90 Å². The number of hydrogen-bond acceptors (Lipinski definition) is 3. The summed E-state index contributed by atoms with van der Waals surface area (Å²) in [7, 11) is 4.20. The SMILES string of the molecule is CC1=Cc2cc3c(cc2C1N(C)C)OCO3. The Morgan fingerprint density at radius 2 is 1.88 bits per heavy atom. The van der Waals surface area contributed by atoms with Gasteiger partial charge in [0.05, 0.1) is 6.04 Å². The van der Waals surface area contributed by atoms with Gasteiger partial charge in [0.15, 0.2) is 11.5 Å². The number of nitrogens with zero attached hydrogens (tertiary/aromatic N) is 1. The molecule has 3 heteroatoms. The van der Waals surface area contributed by atoms with Crippen molar-refractivity contribution < 1.29 is 9.47 Å². The van der Waals surface area contributed by atoms with E-state index in [0.29, 0.717) is 12.8 Å². The highest BCUT2D eigenvalue weighted by molar-refractivity contribution is 5.69. The lowest BCUT2D eigenvalue weighted by atomic mass is 10.0. The number of rotatable bonds is 1. The van der Waals surface area contributed by atoms with Gasteiger partial charge in [0.25, 0.3) is 0 Å². The van der Waals surface area contributed by atoms with Crippen molar-refractivity contribution in [3.8, 4) is 11.5 Å². The second-order valence-corrected chi connectivity index (χ2v) is 4.59. The van der Waals surface area contributed by atoms with Crippen LogP contribution >= 0.6 is 0 Å². The lowest BCUT2D eigenvalue weighted by molar-refractivity contribution is 0.174. The van der Waals surface area contributed by atoms with E-state index in [4.69, 9.17) is 9.47 Å². The second kappa shape index (κ2) is 3.25. The van der Waals surface area contributed by atoms with E-state index < -0.39 is 0 Å². The molecule has 16 heavy (non-hydrogen) atoms. The van der Waals surface area contributed by atoms with Gasteiger partial charge < -0.3 is 9.47 Å². The molecular formula is C13H15NO2. The average Bonchev–Trinajstić information content (AvgIpc) is 2.75. The van der Waals surface area contributed by atoms with E-state index in [9.17, 15) is 0 Å². The van der Waals surface area contributed by atoms with Crippen molar-refractivity contribution in [1.29, 1.82) is 0 Å². The topological polar surface area (TPSA) is 21.7 Å². The molecule has 0 spiro atoms. The summed E-state index contributed by atoms with van der Waals surface area (Å²) in [4.78, 5) is 2.22. The van der Waals surface area contributed by atoms with Gasteiger partial charge in [-0.2, -0.15) is 0 Å². The fourth-order valence-corrected chi connectivity index (χ4v) is 2.59. The second-order valence-electron chi connectivity index (χ2n) is 4.59. The molecule has 0 aromatic heterocycles. The van der Waals surface area contributed by atoms with Crippen LogP contribution in [0.1, 0.15) is 24.1 Å². The summed E-state index contributed by atoms with van der Waals surface area (Å²) in [6, 6.07) is 4.55. The Labute approximate surface area is 95.3 Å². The van der Waals surface area contributed by atoms with E-state index in [1.807, 2.05) is 0 Å². The molecule has 0 bridgehead atoms. The van der Waals surface area contributed by atoms with Crippen molar-refractivity contribution >= 4 is 6.08 Å². The first-order valence-corrected chi connectivity index (χ1v) is 5.45. The lowest BCUT2D eigenvalue weighted by Gasteiger charge is -2.22. The molecule has 3 nitrogen and oxygen atoms in total. The fourth-order valence-electron chi connectivity index (χ4n) is 2.59. The van der Waals surface area contributed by atoms with Gasteiger partial charge in [0.1, 0.15) is 0 Å². The van der Waals surface area contributed by atoms with Crippen LogP contribution in [0.15, 0.2) is 17.7 Å². The lowest BCUT2D eigenvalue weighted by Crippen LogP contribution is -2.19. The molecule has 1 heterocycles. The maximum atomic E-state index is 5.42. The Morgan fingerprint density at radius 1 is 1.19 bits per heavy atom. The first-order valence-electron chi connectivity index (χ1n) is 5.45. The van der Waals surface area contributed by atoms with E-state index in [0.717, 1.165) is 11.5 Å². The van der Waals surface area contributed by atoms with E-state index in [-0.39, 0.29) is 0 Å². The Kier molecular flexibility index (Phi) is 1.98. The van der Waals surface area contributed by atoms with Crippen LogP contribution < -0.4 is 9.47 Å². The van der Waals surface area contributed by atoms with Crippen LogP contribution in [0, 0.1) is 0 Å². The zero-order chi connectivity index (χ0) is 11.3. The molecule has 84 valence electrons. The third kappa shape index (κ3) is 1.25. The van der Waals surface area contributed by atoms with Crippen LogP contribution in [-0.2, 0) is 0 Å². The summed E-state index contributed by atoms with van der Waals surface area (Å²) in [6.45, 7) is 2.51. The molecule has 3 rings (SSSR count). The molecular weight excluding hydrogens is 202 g/mol. The van der Waals surface area contributed by atoms with Crippen molar-refractivity contribution in [3.05, 3.63) is 28.8 Å². The Hall–Kier alpha value is -1.48. The molecule has 1 aromatic carbocycles. The molecule has 0 amide bonds. The van der Waals surface area contributed by atoms with Crippen molar-refractivity contribution in [2.75, 3.05) is 20.9 Å². The van der Waals surface area contributed by atoms with Gasteiger partial charge in [-0.1, -0.05) is 11.6 Å². The molecule has 0 fully saturated rings. The third-order valence-corrected chi connectivity index (χ3v) is 3.20. The molecule has 1 atom stereocenters. The first-order chi connectivity index (χ1) is 7.66. The minimum absolute atomic E-state index is 0.341. The Bertz CT molecular complexity index is 477. The maximum absolute atomic E-state index is 5.42. The average molecular weight is 217 g/mol. The number of hydrogen-bond donors (Lipinski definition) is 0. The van der Waals surface area contributed by atoms with Crippen molar-refractivity contribution in [3.63, 3.8) is 0 Å². The predicted octanol–water partition coefficient (Wildman–Crippen LogP) is 2.43. The van der Waals surface area contributed by atoms with Crippen molar-refractivity contribution in [2.24, 2.45) is 0 Å². The minimum Gasteiger partial charge on any atom is -0.454 e. The van der Waals surface area contributed by atoms with Crippen LogP contribution in [0.25, 0.3) is 6.08 Å². The van der Waals surface area contributed by atoms with E-state index in [1.165, 1.54) is 16.7 Å². The molecule has 1 aliphatic carbocycles. The molecule has 0 N–H and O–H groups in total. The molecule has 1 unspecified atom stereocenters. The highest BCUT2D eigenvalue weighted by Gasteiger charge is 2.27. The first kappa shape index (κ1) is 9.73. The largest absolute Gasteiger partial charge is 0.454 e. The number of likely N-dealkylation sites (N-methyl/N-ethyl adjacent to an activating group) is 1. The maximum Gasteiger partial charge on any atom is 0.231 e. The van der Waals surface area contributed by atoms with Gasteiger partial charge in [0, 0.05) is 0 Å². The Morgan fingerprint density at radius 3 is 2.56 bits per heavy atom. The minimum atomic E-state index is 0.341. The number of fused-ring (bicyclic) bond motifs is 2. The normalized spacial score (nSPS) is 21.2. The monoisotopic (exact) mass is 217 g/mol. The summed E-state index contributed by atoms with van der Waals surface area (Å²) in [5.41, 5.74) is 3.93. The van der Waals surface area contributed by atoms with Crippen LogP contribution in [0.4, 0.5) is 0 Å². The highest BCUT2D eigenvalue weighted by atomic mass is 16.7. The summed E-state index contributed by atoms with van der Waals surface area (Å²) >= 11 is 0. The fraction of sp³-hybridized carbons (Fsp3) is 0.385. The zero-order valence-corrected chi connectivity index (χ0v) is 9.78. The summed E-state index contributed by atoms with van der Waals surface area (Å²) < 4.78 is 10.8. The van der Waals surface area contributed by atoms with Gasteiger partial charge in [-0.3, -0.25) is 4.90 Å². The van der Waals surface area contributed by atoms with Crippen LogP contribution in [-0.4, -0.2) is 25.8 Å². The quantitative estimate of drug-likeness (QED) is 0.721. The molecule has 0 saturated heterocycles. The summed E-state index contributed by atoms with van der Waals surface area (Å²) in [5.74, 6) is 1.73. The third-order valence-electron chi connectivity index (χ3n) is 3.20. The smallest absolute Gasteiger partial charge is 0.231 e. The molecule has 0 radical (unpaired) electrons. The summed E-state index contributed by atoms with van der Waals surface area (Å²) in [6.07, 6.45) is 2.22. The predicted molar refractivity (Wildman–Crippen MR) is 62.6 cm³/mol. The van der Waals surface area contributed by atoms with Gasteiger partial charge in [-0.15, -0.1) is 0 Å². The van der Waals surface area contributed by atoms with E-state index in [1.54, 1.807) is 0 Å². The van der Waals surface area contributed by atoms with Crippen LogP contribution in [0.3, 0.4) is 0 Å². The van der Waals surface area contributed by atoms with Gasteiger partial charge in [0.2, 0.25) is 6.79 Å². The highest BCUT2D eigenvalue weighted by Crippen LogP contribution is 2.44. The van der Waals surface area contributed by atoms with Gasteiger partial charge >= 0.3 is 0 Å². The molecule has 1 aliphatic heterocycles. The molecule has 0 saturated carbocycles. The molecule has 2 aliphatic rings. The van der Waals surface area contributed by atoms with E-state index in [2.05, 4.69) is 44.1 Å². The zero-order valence-electron chi connectivity index (χ0n) is 9.78. The standard InChI is InChI=1S/C13H15NO2/c1-8-4-9-5-11-12(16-7-15-11)6-10(9)13(8)14(2)3/h4-6,13H,7H2,1-3H3. The van der Waals surface area contributed by atoms with E-state index >= 15 is 0 Å². The summed E-state index contributed by atoms with van der Waals surface area (Å²) in [5, 5.41) is 0. The molecule has 1 aromatic rings. The van der Waals surface area contributed by atoms with Crippen LogP contribution in [0.2, 0.25) is 0 Å². The number of ether oxygens (including phenoxy) is 2. The van der Waals surface area contributed by atoms with Gasteiger partial charge in [-0.25, -0.2) is 0 Å². The van der Waals surface area contributed by atoms with Gasteiger partial charge in [-0.05, 0) is 44.3 Å². The number of benzene rings is 1. The van der Waals surface area contributed by atoms with Crippen molar-refractivity contribution in [2.45, 2.75) is 13.0 Å².